The van der Waals surface area contributed by atoms with Crippen molar-refractivity contribution >= 4 is 35.3 Å². The Balaban J connectivity index is 2.71. The van der Waals surface area contributed by atoms with Crippen LogP contribution in [-0.4, -0.2) is 58.0 Å². The fourth-order valence-corrected chi connectivity index (χ4v) is 3.56. The van der Waals surface area contributed by atoms with Crippen LogP contribution in [0.5, 0.6) is 0 Å². The number of likely N-dealkylation sites (tertiary alicyclic amines) is 1. The Hall–Kier alpha value is -0.200. The Morgan fingerprint density at radius 1 is 1.36 bits per heavy atom. The second-order valence-corrected chi connectivity index (χ2v) is 5.14. The minimum Gasteiger partial charge on any atom is -0.396 e. The molecule has 1 heterocycles. The Morgan fingerprint density at radius 2 is 1.93 bits per heavy atom. The maximum Gasteiger partial charge on any atom is 0.243 e. The van der Waals surface area contributed by atoms with E-state index in [0.717, 1.165) is 0 Å². The van der Waals surface area contributed by atoms with Gasteiger partial charge in [0.25, 0.3) is 0 Å². The molecule has 2 atom stereocenters. The Kier molecular flexibility index (Phi) is 4.28. The van der Waals surface area contributed by atoms with Gasteiger partial charge in [0, 0.05) is 12.8 Å². The van der Waals surface area contributed by atoms with Gasteiger partial charge in [0.05, 0.1) is 6.61 Å². The molecule has 0 radical (unpaired) electrons. The normalized spacial score (nSPS) is 27.5. The van der Waals surface area contributed by atoms with Gasteiger partial charge in [-0.2, -0.15) is 11.8 Å². The van der Waals surface area contributed by atoms with Crippen molar-refractivity contribution in [1.29, 1.82) is 0 Å². The van der Waals surface area contributed by atoms with Crippen molar-refractivity contribution < 1.29 is 14.7 Å². The molecule has 1 N–H and O–H groups in total. The fraction of sp³-hybridized carbons (Fsp3) is 0.750. The van der Waals surface area contributed by atoms with Gasteiger partial charge in [0.2, 0.25) is 11.8 Å². The number of aliphatic hydroxyl groups excluding tert-OH is 1. The first kappa shape index (κ1) is 11.9. The van der Waals surface area contributed by atoms with Crippen molar-refractivity contribution in [2.75, 3.05) is 25.7 Å². The molecule has 2 unspecified atom stereocenters. The van der Waals surface area contributed by atoms with Crippen LogP contribution in [0.15, 0.2) is 0 Å². The summed E-state index contributed by atoms with van der Waals surface area (Å²) in [5.74, 6) is 0.222. The summed E-state index contributed by atoms with van der Waals surface area (Å²) in [4.78, 5) is 24.3. The van der Waals surface area contributed by atoms with E-state index in [-0.39, 0.29) is 28.9 Å². The van der Waals surface area contributed by atoms with Gasteiger partial charge >= 0.3 is 0 Å². The van der Waals surface area contributed by atoms with Crippen molar-refractivity contribution in [1.82, 2.24) is 4.90 Å². The lowest BCUT2D eigenvalue weighted by molar-refractivity contribution is -0.136. The average molecular weight is 235 g/mol. The van der Waals surface area contributed by atoms with E-state index in [1.54, 1.807) is 0 Å². The molecule has 0 aromatic carbocycles. The van der Waals surface area contributed by atoms with Crippen LogP contribution in [0.25, 0.3) is 0 Å². The number of hydrogen-bond acceptors (Lipinski definition) is 5. The number of rotatable bonds is 4. The van der Waals surface area contributed by atoms with Crippen LogP contribution < -0.4 is 0 Å². The largest absolute Gasteiger partial charge is 0.396 e. The monoisotopic (exact) mass is 235 g/mol. The first-order valence-electron chi connectivity index (χ1n) is 4.20. The molecule has 0 aliphatic carbocycles. The van der Waals surface area contributed by atoms with E-state index in [1.165, 1.54) is 35.5 Å². The molecule has 1 fully saturated rings. The van der Waals surface area contributed by atoms with Crippen LogP contribution >= 0.6 is 23.5 Å². The van der Waals surface area contributed by atoms with Crippen LogP contribution in [0.1, 0.15) is 0 Å². The molecule has 0 aromatic rings. The van der Waals surface area contributed by atoms with Crippen molar-refractivity contribution in [3.63, 3.8) is 0 Å². The number of imide groups is 1. The number of amides is 2. The summed E-state index contributed by atoms with van der Waals surface area (Å²) in [6.45, 7) is 0.0352. The second kappa shape index (κ2) is 5.04. The lowest BCUT2D eigenvalue weighted by Gasteiger charge is -2.10. The highest BCUT2D eigenvalue weighted by atomic mass is 32.2. The number of nitrogens with zero attached hydrogens (tertiary/aromatic N) is 1. The molecule has 6 heteroatoms. The summed E-state index contributed by atoms with van der Waals surface area (Å²) in [5.41, 5.74) is 0. The fourth-order valence-electron chi connectivity index (χ4n) is 1.31. The predicted molar refractivity (Wildman–Crippen MR) is 58.4 cm³/mol. The van der Waals surface area contributed by atoms with Gasteiger partial charge in [0.15, 0.2) is 0 Å². The minimum absolute atomic E-state index is 0.0352. The van der Waals surface area contributed by atoms with Crippen LogP contribution in [0.4, 0.5) is 0 Å². The first-order chi connectivity index (χ1) is 6.63. The van der Waals surface area contributed by atoms with E-state index in [9.17, 15) is 9.59 Å². The van der Waals surface area contributed by atoms with Crippen LogP contribution in [-0.2, 0) is 9.59 Å². The standard InChI is InChI=1S/C8H13NO3S2/c1-9-7(11)5(13-2)6(8(9)12)14-4-3-10/h5-6,10H,3-4H2,1-2H3. The van der Waals surface area contributed by atoms with Crippen molar-refractivity contribution in [2.24, 2.45) is 0 Å². The van der Waals surface area contributed by atoms with Gasteiger partial charge in [-0.3, -0.25) is 14.5 Å². The zero-order valence-corrected chi connectivity index (χ0v) is 9.73. The Labute approximate surface area is 91.4 Å². The van der Waals surface area contributed by atoms with Gasteiger partial charge in [-0.15, -0.1) is 11.8 Å². The number of aliphatic hydroxyl groups is 1. The molecule has 14 heavy (non-hydrogen) atoms. The second-order valence-electron chi connectivity index (χ2n) is 2.91. The van der Waals surface area contributed by atoms with Gasteiger partial charge in [-0.1, -0.05) is 0 Å². The van der Waals surface area contributed by atoms with Gasteiger partial charge in [0.1, 0.15) is 10.5 Å². The molecule has 2 amide bonds. The van der Waals surface area contributed by atoms with Gasteiger partial charge < -0.3 is 5.11 Å². The zero-order valence-electron chi connectivity index (χ0n) is 8.10. The van der Waals surface area contributed by atoms with E-state index in [0.29, 0.717) is 5.75 Å². The summed E-state index contributed by atoms with van der Waals surface area (Å²) in [6.07, 6.45) is 1.82. The topological polar surface area (TPSA) is 57.6 Å². The molecular weight excluding hydrogens is 222 g/mol. The van der Waals surface area contributed by atoms with Gasteiger partial charge in [-0.05, 0) is 6.26 Å². The highest BCUT2D eigenvalue weighted by Crippen LogP contribution is 2.31. The Morgan fingerprint density at radius 3 is 2.43 bits per heavy atom. The average Bonchev–Trinajstić information content (AvgIpc) is 2.39. The van der Waals surface area contributed by atoms with Crippen molar-refractivity contribution in [3.05, 3.63) is 0 Å². The zero-order chi connectivity index (χ0) is 10.7. The maximum atomic E-state index is 11.6. The van der Waals surface area contributed by atoms with E-state index in [4.69, 9.17) is 5.11 Å². The number of thioether (sulfide) groups is 2. The van der Waals surface area contributed by atoms with E-state index in [2.05, 4.69) is 0 Å². The van der Waals surface area contributed by atoms with Crippen LogP contribution in [0, 0.1) is 0 Å². The molecule has 0 aromatic heterocycles. The highest BCUT2D eigenvalue weighted by molar-refractivity contribution is 8.04. The van der Waals surface area contributed by atoms with Crippen LogP contribution in [0.3, 0.4) is 0 Å². The Bertz CT molecular complexity index is 247. The van der Waals surface area contributed by atoms with Crippen LogP contribution in [0.2, 0.25) is 0 Å². The molecule has 80 valence electrons. The van der Waals surface area contributed by atoms with E-state index >= 15 is 0 Å². The molecular formula is C8H13NO3S2. The third kappa shape index (κ3) is 2.07. The third-order valence-electron chi connectivity index (χ3n) is 2.07. The third-order valence-corrected chi connectivity index (χ3v) is 4.47. The summed E-state index contributed by atoms with van der Waals surface area (Å²) in [6, 6.07) is 0. The molecule has 0 bridgehead atoms. The van der Waals surface area contributed by atoms with Crippen molar-refractivity contribution in [2.45, 2.75) is 10.5 Å². The lowest BCUT2D eigenvalue weighted by atomic mass is 10.3. The quantitative estimate of drug-likeness (QED) is 0.685. The van der Waals surface area contributed by atoms with E-state index in [1.807, 2.05) is 6.26 Å². The van der Waals surface area contributed by atoms with E-state index < -0.39 is 0 Å². The number of carbonyl (C=O) groups is 2. The minimum atomic E-state index is -0.324. The van der Waals surface area contributed by atoms with Gasteiger partial charge in [-0.25, -0.2) is 0 Å². The maximum absolute atomic E-state index is 11.6. The molecule has 1 aliphatic rings. The lowest BCUT2D eigenvalue weighted by Crippen LogP contribution is -2.26. The predicted octanol–water partition coefficient (Wildman–Crippen LogP) is -0.189. The summed E-state index contributed by atoms with van der Waals surface area (Å²) in [7, 11) is 1.51. The molecule has 0 saturated carbocycles. The molecule has 1 rings (SSSR count). The molecule has 1 saturated heterocycles. The highest BCUT2D eigenvalue weighted by Gasteiger charge is 2.45. The smallest absolute Gasteiger partial charge is 0.243 e. The molecule has 4 nitrogen and oxygen atoms in total. The first-order valence-corrected chi connectivity index (χ1v) is 6.53. The number of hydrogen-bond donors (Lipinski definition) is 1. The molecule has 1 aliphatic heterocycles. The van der Waals surface area contributed by atoms with Crippen molar-refractivity contribution in [3.8, 4) is 0 Å². The molecule has 0 spiro atoms. The summed E-state index contributed by atoms with van der Waals surface area (Å²) >= 11 is 2.74. The SMILES string of the molecule is CSC1C(=O)N(C)C(=O)C1SCCO. The summed E-state index contributed by atoms with van der Waals surface area (Å²) in [5, 5.41) is 8.05. The number of carbonyl (C=O) groups excluding carboxylic acids is 2. The summed E-state index contributed by atoms with van der Waals surface area (Å²) < 4.78 is 0.